The van der Waals surface area contributed by atoms with E-state index in [1.54, 1.807) is 0 Å². The average molecular weight is 615 g/mol. The van der Waals surface area contributed by atoms with Gasteiger partial charge < -0.3 is 0 Å². The summed E-state index contributed by atoms with van der Waals surface area (Å²) in [6.45, 7) is 0. The van der Waals surface area contributed by atoms with Gasteiger partial charge in [-0.15, -0.1) is 23.5 Å². The molecule has 0 saturated heterocycles. The van der Waals surface area contributed by atoms with Crippen molar-refractivity contribution in [2.45, 2.75) is 9.79 Å². The van der Waals surface area contributed by atoms with Gasteiger partial charge in [0.25, 0.3) is 0 Å². The Hall–Kier alpha value is -3.12. The molecule has 0 fully saturated rings. The molecule has 6 rings (SSSR count). The normalized spacial score (nSPS) is 11.2. The standard InChI is InChI=1S/C38H32P2S2/c1-5-17-31(18-6-1)39(32-19-7-2-8-20-32)35-25-13-15-27-37(35)41-29-30-42-38-28-16-14-26-36(38)40(33-21-9-3-10-22-33)34-23-11-4-12-24-34/h1-28H,29-30H2. The number of hydrogen-bond donors (Lipinski definition) is 0. The molecule has 0 N–H and O–H groups in total. The van der Waals surface area contributed by atoms with Crippen LogP contribution in [0.15, 0.2) is 180 Å². The van der Waals surface area contributed by atoms with Crippen molar-refractivity contribution in [2.24, 2.45) is 0 Å². The zero-order valence-electron chi connectivity index (χ0n) is 23.3. The Morgan fingerprint density at radius 3 is 0.881 bits per heavy atom. The Morgan fingerprint density at radius 2 is 0.571 bits per heavy atom. The van der Waals surface area contributed by atoms with Gasteiger partial charge in [0, 0.05) is 21.3 Å². The van der Waals surface area contributed by atoms with E-state index in [2.05, 4.69) is 170 Å². The molecule has 0 saturated carbocycles. The Morgan fingerprint density at radius 1 is 0.310 bits per heavy atom. The number of hydrogen-bond acceptors (Lipinski definition) is 2. The van der Waals surface area contributed by atoms with Crippen LogP contribution in [0.4, 0.5) is 0 Å². The highest BCUT2D eigenvalue weighted by Gasteiger charge is 2.21. The van der Waals surface area contributed by atoms with Gasteiger partial charge in [-0.25, -0.2) is 0 Å². The lowest BCUT2D eigenvalue weighted by Crippen LogP contribution is -2.22. The fraction of sp³-hybridized carbons (Fsp3) is 0.0526. The zero-order chi connectivity index (χ0) is 28.4. The van der Waals surface area contributed by atoms with Gasteiger partial charge in [-0.2, -0.15) is 0 Å². The molecule has 0 radical (unpaired) electrons. The van der Waals surface area contributed by atoms with Crippen LogP contribution in [-0.2, 0) is 0 Å². The van der Waals surface area contributed by atoms with Crippen molar-refractivity contribution in [3.05, 3.63) is 170 Å². The molecule has 42 heavy (non-hydrogen) atoms. The van der Waals surface area contributed by atoms with Gasteiger partial charge >= 0.3 is 0 Å². The van der Waals surface area contributed by atoms with Gasteiger partial charge in [-0.1, -0.05) is 158 Å². The first kappa shape index (κ1) is 29.0. The van der Waals surface area contributed by atoms with Crippen molar-refractivity contribution in [2.75, 3.05) is 11.5 Å². The predicted octanol–water partition coefficient (Wildman–Crippen LogP) is 8.09. The predicted molar refractivity (Wildman–Crippen MR) is 192 cm³/mol. The number of thioether (sulfide) groups is 2. The lowest BCUT2D eigenvalue weighted by atomic mass is 10.3. The highest BCUT2D eigenvalue weighted by molar-refractivity contribution is 8.03. The molecule has 0 aromatic heterocycles. The largest absolute Gasteiger partial charge is 0.125 e. The Kier molecular flexibility index (Phi) is 10.3. The van der Waals surface area contributed by atoms with E-state index in [4.69, 9.17) is 0 Å². The summed E-state index contributed by atoms with van der Waals surface area (Å²) < 4.78 is 0. The van der Waals surface area contributed by atoms with Gasteiger partial charge in [-0.05, 0) is 59.8 Å². The van der Waals surface area contributed by atoms with E-state index in [9.17, 15) is 0 Å². The van der Waals surface area contributed by atoms with Crippen LogP contribution >= 0.6 is 39.4 Å². The maximum atomic E-state index is 2.34. The number of benzene rings is 6. The van der Waals surface area contributed by atoms with Crippen LogP contribution in [-0.4, -0.2) is 11.5 Å². The number of rotatable bonds is 11. The lowest BCUT2D eigenvalue weighted by Gasteiger charge is -2.22. The summed E-state index contributed by atoms with van der Waals surface area (Å²) in [5, 5.41) is 8.46. The van der Waals surface area contributed by atoms with Crippen LogP contribution in [0.5, 0.6) is 0 Å². The fourth-order valence-corrected chi connectivity index (χ4v) is 12.5. The van der Waals surface area contributed by atoms with E-state index in [0.717, 1.165) is 11.5 Å². The first-order valence-corrected chi connectivity index (χ1v) is 18.8. The van der Waals surface area contributed by atoms with Crippen molar-refractivity contribution in [1.82, 2.24) is 0 Å². The fourth-order valence-electron chi connectivity index (χ4n) is 4.99. The summed E-state index contributed by atoms with van der Waals surface area (Å²) >= 11 is 3.98. The van der Waals surface area contributed by atoms with Crippen LogP contribution in [0.2, 0.25) is 0 Å². The SMILES string of the molecule is c1ccc(P(c2ccccc2)c2ccccc2SCCSc2ccccc2P(c2ccccc2)c2ccccc2)cc1. The molecule has 0 bridgehead atoms. The molecule has 0 spiro atoms. The van der Waals surface area contributed by atoms with Crippen molar-refractivity contribution < 1.29 is 0 Å². The average Bonchev–Trinajstić information content (AvgIpc) is 3.07. The molecular weight excluding hydrogens is 583 g/mol. The molecule has 6 aromatic rings. The molecule has 0 unspecified atom stereocenters. The van der Waals surface area contributed by atoms with Gasteiger partial charge in [0.1, 0.15) is 0 Å². The second-order valence-corrected chi connectivity index (χ2v) is 16.3. The Labute approximate surface area is 261 Å². The van der Waals surface area contributed by atoms with Gasteiger partial charge in [-0.3, -0.25) is 0 Å². The second kappa shape index (κ2) is 14.9. The van der Waals surface area contributed by atoms with E-state index in [0.29, 0.717) is 0 Å². The molecule has 0 atom stereocenters. The Bertz CT molecular complexity index is 1470. The minimum absolute atomic E-state index is 0.622. The quantitative estimate of drug-likeness (QED) is 0.0822. The molecule has 0 heterocycles. The molecule has 6 aromatic carbocycles. The van der Waals surface area contributed by atoms with E-state index in [-0.39, 0.29) is 0 Å². The van der Waals surface area contributed by atoms with E-state index >= 15 is 0 Å². The van der Waals surface area contributed by atoms with Crippen LogP contribution < -0.4 is 31.8 Å². The van der Waals surface area contributed by atoms with E-state index in [1.807, 2.05) is 23.5 Å². The van der Waals surface area contributed by atoms with Gasteiger partial charge in [0.2, 0.25) is 0 Å². The Balaban J connectivity index is 1.22. The second-order valence-electron chi connectivity index (χ2n) is 9.65. The van der Waals surface area contributed by atoms with E-state index < -0.39 is 15.8 Å². The third-order valence-electron chi connectivity index (χ3n) is 6.87. The topological polar surface area (TPSA) is 0 Å². The van der Waals surface area contributed by atoms with Crippen molar-refractivity contribution in [3.63, 3.8) is 0 Å². The third-order valence-corrected chi connectivity index (χ3v) is 14.6. The summed E-state index contributed by atoms with van der Waals surface area (Å²) in [4.78, 5) is 2.78. The van der Waals surface area contributed by atoms with Crippen LogP contribution in [0.3, 0.4) is 0 Å². The van der Waals surface area contributed by atoms with Crippen LogP contribution in [0.25, 0.3) is 0 Å². The van der Waals surface area contributed by atoms with Crippen molar-refractivity contribution in [1.29, 1.82) is 0 Å². The molecule has 0 aliphatic rings. The maximum absolute atomic E-state index is 2.34. The monoisotopic (exact) mass is 614 g/mol. The molecular formula is C38H32P2S2. The van der Waals surface area contributed by atoms with Crippen LogP contribution in [0.1, 0.15) is 0 Å². The lowest BCUT2D eigenvalue weighted by molar-refractivity contribution is 1.45. The molecule has 206 valence electrons. The first-order chi connectivity index (χ1) is 20.9. The smallest absolute Gasteiger partial charge is 0.0156 e. The highest BCUT2D eigenvalue weighted by atomic mass is 32.2. The summed E-state index contributed by atoms with van der Waals surface area (Å²) in [6, 6.07) is 62.1. The maximum Gasteiger partial charge on any atom is 0.0156 e. The first-order valence-electron chi connectivity index (χ1n) is 14.1. The van der Waals surface area contributed by atoms with Crippen molar-refractivity contribution >= 4 is 71.2 Å². The highest BCUT2D eigenvalue weighted by Crippen LogP contribution is 2.39. The van der Waals surface area contributed by atoms with Gasteiger partial charge in [0.15, 0.2) is 0 Å². The minimum Gasteiger partial charge on any atom is -0.125 e. The van der Waals surface area contributed by atoms with E-state index in [1.165, 1.54) is 41.6 Å². The third kappa shape index (κ3) is 7.08. The summed E-state index contributed by atoms with van der Waals surface area (Å²) in [5.74, 6) is 2.11. The van der Waals surface area contributed by atoms with Crippen molar-refractivity contribution in [3.8, 4) is 0 Å². The zero-order valence-corrected chi connectivity index (χ0v) is 26.7. The summed E-state index contributed by atoms with van der Waals surface area (Å²) in [5.41, 5.74) is 0. The summed E-state index contributed by atoms with van der Waals surface area (Å²) in [7, 11) is -1.24. The molecule has 0 amide bonds. The molecule has 4 heteroatoms. The molecule has 0 aliphatic carbocycles. The summed E-state index contributed by atoms with van der Waals surface area (Å²) in [6.07, 6.45) is 0. The molecule has 0 nitrogen and oxygen atoms in total. The van der Waals surface area contributed by atoms with Crippen LogP contribution in [0, 0.1) is 0 Å². The molecule has 0 aliphatic heterocycles. The van der Waals surface area contributed by atoms with Gasteiger partial charge in [0.05, 0.1) is 0 Å². The minimum atomic E-state index is -0.622.